The van der Waals surface area contributed by atoms with Crippen LogP contribution in [0.25, 0.3) is 89.6 Å². The molecule has 3 aliphatic rings. The number of rotatable bonds is 7. The van der Waals surface area contributed by atoms with Crippen molar-refractivity contribution in [1.82, 2.24) is 24.1 Å². The summed E-state index contributed by atoms with van der Waals surface area (Å²) in [6, 6.07) is 54.1. The van der Waals surface area contributed by atoms with E-state index in [0.29, 0.717) is 23.9 Å². The molecule has 0 fully saturated rings. The number of para-hydroxylation sites is 2. The van der Waals surface area contributed by atoms with E-state index in [9.17, 15) is 0 Å². The quantitative estimate of drug-likeness (QED) is 0.151. The van der Waals surface area contributed by atoms with Crippen LogP contribution in [0, 0.1) is 11.8 Å². The fourth-order valence-electron chi connectivity index (χ4n) is 9.94. The number of aromatic nitrogens is 5. The number of hydrogen-bond donors (Lipinski definition) is 0. The first-order chi connectivity index (χ1) is 31.3. The molecule has 298 valence electrons. The van der Waals surface area contributed by atoms with Crippen molar-refractivity contribution in [3.05, 3.63) is 211 Å². The molecule has 0 aliphatic heterocycles. The van der Waals surface area contributed by atoms with Crippen LogP contribution >= 0.6 is 0 Å². The van der Waals surface area contributed by atoms with Crippen molar-refractivity contribution >= 4 is 27.4 Å². The van der Waals surface area contributed by atoms with Crippen LogP contribution in [0.15, 0.2) is 194 Å². The molecule has 0 bridgehead atoms. The highest BCUT2D eigenvalue weighted by Crippen LogP contribution is 2.50. The zero-order valence-electron chi connectivity index (χ0n) is 34.6. The summed E-state index contributed by atoms with van der Waals surface area (Å²) in [7, 11) is 0. The van der Waals surface area contributed by atoms with Gasteiger partial charge in [0.05, 0.1) is 22.9 Å². The standard InChI is InChI=1S/C58H41N5/c1-2-8-22-39(21-7-1)48-37-43(58-60-56(41-25-11-4-12-26-41)59-57(61-58)42-27-13-5-14-28-42)38-49(40-23-9-3-10-24-40)54(48)63-51-34-20-18-32-47(51)53-52(63)36-35-46-45-31-17-19-33-50(45)62(55(46)53)44-29-15-6-16-30-44/h1,3-7,9-21,23-29,31-34,37-38,44H,22,30,35-36H2. The summed E-state index contributed by atoms with van der Waals surface area (Å²) in [5.74, 6) is 8.58. The highest BCUT2D eigenvalue weighted by atomic mass is 15.1. The van der Waals surface area contributed by atoms with Crippen LogP contribution in [-0.4, -0.2) is 24.1 Å². The Kier molecular flexibility index (Phi) is 9.01. The van der Waals surface area contributed by atoms with E-state index in [1.54, 1.807) is 0 Å². The Morgan fingerprint density at radius 1 is 0.556 bits per heavy atom. The second-order valence-electron chi connectivity index (χ2n) is 16.4. The molecule has 63 heavy (non-hydrogen) atoms. The molecule has 0 saturated heterocycles. The molecule has 0 N–H and O–H groups in total. The van der Waals surface area contributed by atoms with E-state index in [0.717, 1.165) is 63.9 Å². The van der Waals surface area contributed by atoms with Crippen molar-refractivity contribution in [1.29, 1.82) is 0 Å². The Labute approximate surface area is 366 Å². The smallest absolute Gasteiger partial charge is 0.164 e. The highest BCUT2D eigenvalue weighted by Gasteiger charge is 2.33. The van der Waals surface area contributed by atoms with Crippen molar-refractivity contribution in [2.45, 2.75) is 31.7 Å². The minimum Gasteiger partial charge on any atom is -0.333 e. The first-order valence-electron chi connectivity index (χ1n) is 21.8. The second-order valence-corrected chi connectivity index (χ2v) is 16.4. The lowest BCUT2D eigenvalue weighted by Crippen LogP contribution is -2.14. The molecule has 5 heteroatoms. The molecule has 3 aromatic heterocycles. The molecule has 3 aliphatic carbocycles. The molecule has 3 heterocycles. The lowest BCUT2D eigenvalue weighted by Gasteiger charge is -2.26. The topological polar surface area (TPSA) is 48.5 Å². The van der Waals surface area contributed by atoms with E-state index in [1.807, 2.05) is 42.5 Å². The summed E-state index contributed by atoms with van der Waals surface area (Å²) in [4.78, 5) is 15.5. The van der Waals surface area contributed by atoms with E-state index in [1.165, 1.54) is 44.3 Å². The molecule has 0 amide bonds. The van der Waals surface area contributed by atoms with Crippen LogP contribution in [0.5, 0.6) is 0 Å². The van der Waals surface area contributed by atoms with Crippen molar-refractivity contribution in [3.63, 3.8) is 0 Å². The van der Waals surface area contributed by atoms with Crippen LogP contribution in [0.1, 0.15) is 35.7 Å². The van der Waals surface area contributed by atoms with E-state index >= 15 is 0 Å². The van der Waals surface area contributed by atoms with E-state index in [-0.39, 0.29) is 6.04 Å². The van der Waals surface area contributed by atoms with Crippen molar-refractivity contribution in [3.8, 4) is 74.1 Å². The van der Waals surface area contributed by atoms with Crippen LogP contribution in [0.3, 0.4) is 0 Å². The third-order valence-electron chi connectivity index (χ3n) is 12.7. The molecule has 0 radical (unpaired) electrons. The Bertz CT molecular complexity index is 3380. The average molecular weight is 808 g/mol. The number of nitrogens with zero attached hydrogens (tertiary/aromatic N) is 5. The number of benzene rings is 6. The van der Waals surface area contributed by atoms with Gasteiger partial charge in [-0.15, -0.1) is 0 Å². The Hall–Kier alpha value is -8.07. The largest absolute Gasteiger partial charge is 0.333 e. The first kappa shape index (κ1) is 36.8. The predicted molar refractivity (Wildman–Crippen MR) is 258 cm³/mol. The minimum absolute atomic E-state index is 0.217. The van der Waals surface area contributed by atoms with E-state index in [2.05, 4.69) is 173 Å². The fraction of sp³-hybridized carbons (Fsp3) is 0.0862. The van der Waals surface area contributed by atoms with Gasteiger partial charge in [-0.25, -0.2) is 15.0 Å². The van der Waals surface area contributed by atoms with Crippen LogP contribution in [-0.2, 0) is 12.8 Å². The Morgan fingerprint density at radius 2 is 1.17 bits per heavy atom. The molecule has 5 nitrogen and oxygen atoms in total. The summed E-state index contributed by atoms with van der Waals surface area (Å²) in [6.45, 7) is 0. The van der Waals surface area contributed by atoms with Gasteiger partial charge in [-0.05, 0) is 66.3 Å². The molecule has 1 atom stereocenters. The zero-order chi connectivity index (χ0) is 41.7. The van der Waals surface area contributed by atoms with Gasteiger partial charge in [0, 0.05) is 61.8 Å². The van der Waals surface area contributed by atoms with Gasteiger partial charge in [-0.3, -0.25) is 0 Å². The Morgan fingerprint density at radius 3 is 1.87 bits per heavy atom. The minimum atomic E-state index is 0.217. The van der Waals surface area contributed by atoms with Crippen LogP contribution in [0.2, 0.25) is 0 Å². The molecule has 1 unspecified atom stereocenters. The van der Waals surface area contributed by atoms with E-state index in [4.69, 9.17) is 15.0 Å². The van der Waals surface area contributed by atoms with Crippen LogP contribution in [0.4, 0.5) is 0 Å². The van der Waals surface area contributed by atoms with Gasteiger partial charge in [0.25, 0.3) is 0 Å². The zero-order valence-corrected chi connectivity index (χ0v) is 34.6. The normalized spacial score (nSPS) is 15.1. The summed E-state index contributed by atoms with van der Waals surface area (Å²) in [6.07, 6.45) is 18.7. The van der Waals surface area contributed by atoms with Gasteiger partial charge in [-0.1, -0.05) is 176 Å². The molecule has 9 aromatic rings. The molecule has 12 rings (SSSR count). The highest BCUT2D eigenvalue weighted by molar-refractivity contribution is 6.06. The number of fused-ring (bicyclic) bond motifs is 7. The monoisotopic (exact) mass is 807 g/mol. The average Bonchev–Trinajstić information content (AvgIpc) is 3.72. The lowest BCUT2D eigenvalue weighted by atomic mass is 9.89. The summed E-state index contributed by atoms with van der Waals surface area (Å²) in [5, 5.41) is 2.61. The molecule has 0 spiro atoms. The van der Waals surface area contributed by atoms with Crippen molar-refractivity contribution < 1.29 is 0 Å². The molecule has 0 saturated carbocycles. The number of hydrogen-bond acceptors (Lipinski definition) is 3. The van der Waals surface area contributed by atoms with E-state index < -0.39 is 0 Å². The second kappa shape index (κ2) is 15.4. The van der Waals surface area contributed by atoms with Gasteiger partial charge < -0.3 is 9.13 Å². The maximum absolute atomic E-state index is 5.25. The summed E-state index contributed by atoms with van der Waals surface area (Å²) < 4.78 is 5.22. The SMILES string of the molecule is C1#CCC(c2cc(-c3nc(-c4ccccc4)nc(-c4ccccc4)n3)cc(-c3ccccc3)c2-n2c3c(c4ccccc42)-c2c(c4ccccc4n2C2C=CC=CC2)CC3)=CC=C1. The third-order valence-corrected chi connectivity index (χ3v) is 12.7. The maximum atomic E-state index is 5.25. The first-order valence-corrected chi connectivity index (χ1v) is 21.8. The van der Waals surface area contributed by atoms with Gasteiger partial charge in [0.2, 0.25) is 0 Å². The van der Waals surface area contributed by atoms with Crippen LogP contribution < -0.4 is 0 Å². The third kappa shape index (κ3) is 6.30. The van der Waals surface area contributed by atoms with Gasteiger partial charge in [-0.2, -0.15) is 0 Å². The number of aryl methyl sites for hydroxylation is 1. The molecule has 6 aromatic carbocycles. The fourth-order valence-corrected chi connectivity index (χ4v) is 9.94. The maximum Gasteiger partial charge on any atom is 0.164 e. The molecular weight excluding hydrogens is 767 g/mol. The summed E-state index contributed by atoms with van der Waals surface area (Å²) in [5.41, 5.74) is 16.3. The number of allylic oxidation sites excluding steroid dienone is 8. The van der Waals surface area contributed by atoms with Crippen molar-refractivity contribution in [2.75, 3.05) is 0 Å². The van der Waals surface area contributed by atoms with Gasteiger partial charge in [0.1, 0.15) is 0 Å². The molecular formula is C58H41N5. The summed E-state index contributed by atoms with van der Waals surface area (Å²) >= 11 is 0. The van der Waals surface area contributed by atoms with Gasteiger partial charge in [0.15, 0.2) is 17.5 Å². The van der Waals surface area contributed by atoms with Crippen molar-refractivity contribution in [2.24, 2.45) is 0 Å². The lowest BCUT2D eigenvalue weighted by molar-refractivity contribution is 0.631. The van der Waals surface area contributed by atoms with Gasteiger partial charge >= 0.3 is 0 Å². The Balaban J connectivity index is 1.18. The predicted octanol–water partition coefficient (Wildman–Crippen LogP) is 13.6.